The molecule has 0 saturated heterocycles. The Balaban J connectivity index is 1.75. The fourth-order valence-electron chi connectivity index (χ4n) is 3.22. The Morgan fingerprint density at radius 1 is 1.14 bits per heavy atom. The standard InChI is InChI=1S/C16H15F6N3O3S/c17-15(18,19)14-12(8-26)7-25(23-14)6-9-1-2-10-4-13(5-11(10)3-9)24-29(27,28)16(20,21)22/h1-3,7,13,24,26H,4-6,8H2/t13-/m1/s1. The van der Waals surface area contributed by atoms with E-state index in [1.54, 1.807) is 22.9 Å². The van der Waals surface area contributed by atoms with Crippen LogP contribution in [0.25, 0.3) is 0 Å². The molecule has 13 heteroatoms. The lowest BCUT2D eigenvalue weighted by molar-refractivity contribution is -0.142. The summed E-state index contributed by atoms with van der Waals surface area (Å²) >= 11 is 0. The van der Waals surface area contributed by atoms with Crippen LogP contribution in [-0.2, 0) is 42.2 Å². The first-order valence-electron chi connectivity index (χ1n) is 8.24. The maximum atomic E-state index is 12.9. The monoisotopic (exact) mass is 443 g/mol. The molecule has 1 aliphatic carbocycles. The number of aromatic nitrogens is 2. The molecule has 0 saturated carbocycles. The second-order valence-corrected chi connectivity index (χ2v) is 8.34. The zero-order chi connectivity index (χ0) is 21.6. The highest BCUT2D eigenvalue weighted by Crippen LogP contribution is 2.31. The molecule has 2 N–H and O–H groups in total. The van der Waals surface area contributed by atoms with Crippen molar-refractivity contribution in [1.82, 2.24) is 14.5 Å². The number of fused-ring (bicyclic) bond motifs is 1. The van der Waals surface area contributed by atoms with E-state index >= 15 is 0 Å². The first-order valence-corrected chi connectivity index (χ1v) is 9.72. The van der Waals surface area contributed by atoms with Gasteiger partial charge in [-0.1, -0.05) is 18.2 Å². The van der Waals surface area contributed by atoms with Gasteiger partial charge in [0.25, 0.3) is 0 Å². The number of alkyl halides is 6. The second-order valence-electron chi connectivity index (χ2n) is 6.63. The van der Waals surface area contributed by atoms with E-state index in [2.05, 4.69) is 5.10 Å². The van der Waals surface area contributed by atoms with Crippen LogP contribution in [0.2, 0.25) is 0 Å². The van der Waals surface area contributed by atoms with Crippen LogP contribution in [0.3, 0.4) is 0 Å². The molecule has 1 aliphatic rings. The summed E-state index contributed by atoms with van der Waals surface area (Å²) in [6, 6.07) is 3.79. The number of halogens is 6. The molecule has 1 atom stereocenters. The van der Waals surface area contributed by atoms with Crippen molar-refractivity contribution in [3.63, 3.8) is 0 Å². The SMILES string of the molecule is O=S(=O)(N[C@@H]1Cc2ccc(Cn3cc(CO)c(C(F)(F)F)n3)cc2C1)C(F)(F)F. The fourth-order valence-corrected chi connectivity index (χ4v) is 3.96. The number of aliphatic hydroxyl groups excluding tert-OH is 1. The van der Waals surface area contributed by atoms with Gasteiger partial charge in [-0.05, 0) is 29.5 Å². The smallest absolute Gasteiger partial charge is 0.392 e. The molecule has 0 bridgehead atoms. The highest BCUT2D eigenvalue weighted by molar-refractivity contribution is 7.90. The van der Waals surface area contributed by atoms with Crippen molar-refractivity contribution >= 4 is 10.0 Å². The lowest BCUT2D eigenvalue weighted by Gasteiger charge is -2.14. The highest BCUT2D eigenvalue weighted by atomic mass is 32.2. The number of aliphatic hydroxyl groups is 1. The second kappa shape index (κ2) is 7.29. The minimum Gasteiger partial charge on any atom is -0.392 e. The van der Waals surface area contributed by atoms with Gasteiger partial charge in [0.2, 0.25) is 0 Å². The topological polar surface area (TPSA) is 84.2 Å². The summed E-state index contributed by atoms with van der Waals surface area (Å²) in [6.45, 7) is -0.893. The van der Waals surface area contributed by atoms with Gasteiger partial charge in [-0.25, -0.2) is 13.1 Å². The summed E-state index contributed by atoms with van der Waals surface area (Å²) in [4.78, 5) is 0. The molecule has 0 fully saturated rings. The van der Waals surface area contributed by atoms with E-state index in [0.29, 0.717) is 16.7 Å². The lowest BCUT2D eigenvalue weighted by Crippen LogP contribution is -2.43. The highest BCUT2D eigenvalue weighted by Gasteiger charge is 2.47. The van der Waals surface area contributed by atoms with Gasteiger partial charge in [-0.3, -0.25) is 4.68 Å². The number of hydrogen-bond donors (Lipinski definition) is 2. The van der Waals surface area contributed by atoms with Crippen molar-refractivity contribution in [3.8, 4) is 0 Å². The normalized spacial score (nSPS) is 17.6. The molecule has 0 aliphatic heterocycles. The molecule has 29 heavy (non-hydrogen) atoms. The van der Waals surface area contributed by atoms with Crippen LogP contribution in [0.1, 0.15) is 27.9 Å². The van der Waals surface area contributed by atoms with Crippen LogP contribution in [-0.4, -0.2) is 34.9 Å². The molecule has 0 unspecified atom stereocenters. The average Bonchev–Trinajstić information content (AvgIpc) is 3.15. The fraction of sp³-hybridized carbons (Fsp3) is 0.438. The Hall–Kier alpha value is -2.12. The average molecular weight is 443 g/mol. The maximum Gasteiger partial charge on any atom is 0.511 e. The van der Waals surface area contributed by atoms with E-state index in [-0.39, 0.29) is 24.9 Å². The zero-order valence-electron chi connectivity index (χ0n) is 14.5. The van der Waals surface area contributed by atoms with Gasteiger partial charge in [0.15, 0.2) is 5.69 Å². The van der Waals surface area contributed by atoms with E-state index in [1.807, 2.05) is 0 Å². The summed E-state index contributed by atoms with van der Waals surface area (Å²) in [5, 5.41) is 12.5. The first kappa shape index (κ1) is 21.6. The summed E-state index contributed by atoms with van der Waals surface area (Å²) in [5.41, 5.74) is -5.20. The Bertz CT molecular complexity index is 1010. The summed E-state index contributed by atoms with van der Waals surface area (Å²) in [5.74, 6) is 0. The third kappa shape index (κ3) is 4.56. The molecule has 3 rings (SSSR count). The van der Waals surface area contributed by atoms with Crippen LogP contribution in [0.4, 0.5) is 26.3 Å². The van der Waals surface area contributed by atoms with Crippen molar-refractivity contribution in [2.45, 2.75) is 43.7 Å². The first-order chi connectivity index (χ1) is 13.3. The molecule has 160 valence electrons. The van der Waals surface area contributed by atoms with Crippen molar-refractivity contribution in [1.29, 1.82) is 0 Å². The van der Waals surface area contributed by atoms with E-state index < -0.39 is 40.1 Å². The Kier molecular flexibility index (Phi) is 5.43. The zero-order valence-corrected chi connectivity index (χ0v) is 15.4. The molecule has 2 aromatic rings. The largest absolute Gasteiger partial charge is 0.511 e. The molecule has 6 nitrogen and oxygen atoms in total. The van der Waals surface area contributed by atoms with Gasteiger partial charge in [-0.2, -0.15) is 31.4 Å². The van der Waals surface area contributed by atoms with Crippen LogP contribution in [0, 0.1) is 0 Å². The maximum absolute atomic E-state index is 12.9. The number of benzene rings is 1. The van der Waals surface area contributed by atoms with Gasteiger partial charge in [0.05, 0.1) is 13.2 Å². The molecular weight excluding hydrogens is 428 g/mol. The molecule has 0 radical (unpaired) electrons. The molecule has 0 spiro atoms. The number of sulfonamides is 1. The third-order valence-corrected chi connectivity index (χ3v) is 5.70. The molecule has 1 heterocycles. The Labute approximate surface area is 161 Å². The van der Waals surface area contributed by atoms with E-state index in [1.165, 1.54) is 0 Å². The predicted octanol–water partition coefficient (Wildman–Crippen LogP) is 2.35. The van der Waals surface area contributed by atoms with Gasteiger partial charge < -0.3 is 5.11 Å². The van der Waals surface area contributed by atoms with Gasteiger partial charge in [0.1, 0.15) is 0 Å². The van der Waals surface area contributed by atoms with Crippen molar-refractivity contribution < 1.29 is 39.9 Å². The van der Waals surface area contributed by atoms with Crippen molar-refractivity contribution in [2.75, 3.05) is 0 Å². The van der Waals surface area contributed by atoms with Gasteiger partial charge in [0, 0.05) is 17.8 Å². The molecular formula is C16H15F6N3O3S. The quantitative estimate of drug-likeness (QED) is 0.695. The number of hydrogen-bond acceptors (Lipinski definition) is 4. The van der Waals surface area contributed by atoms with E-state index in [9.17, 15) is 34.8 Å². The van der Waals surface area contributed by atoms with Crippen LogP contribution in [0.15, 0.2) is 24.4 Å². The third-order valence-electron chi connectivity index (χ3n) is 4.45. The molecule has 0 amide bonds. The Morgan fingerprint density at radius 2 is 1.79 bits per heavy atom. The predicted molar refractivity (Wildman–Crippen MR) is 88.0 cm³/mol. The van der Waals surface area contributed by atoms with Crippen LogP contribution >= 0.6 is 0 Å². The number of nitrogens with one attached hydrogen (secondary N) is 1. The van der Waals surface area contributed by atoms with E-state index in [0.717, 1.165) is 10.9 Å². The lowest BCUT2D eigenvalue weighted by atomic mass is 10.1. The molecule has 1 aromatic heterocycles. The molecule has 1 aromatic carbocycles. The van der Waals surface area contributed by atoms with Crippen molar-refractivity contribution in [3.05, 3.63) is 52.3 Å². The summed E-state index contributed by atoms with van der Waals surface area (Å²) in [6.07, 6.45) is -3.56. The summed E-state index contributed by atoms with van der Waals surface area (Å²) < 4.78 is 101. The van der Waals surface area contributed by atoms with Crippen molar-refractivity contribution in [2.24, 2.45) is 0 Å². The van der Waals surface area contributed by atoms with Crippen LogP contribution < -0.4 is 4.72 Å². The van der Waals surface area contributed by atoms with Gasteiger partial charge in [-0.15, -0.1) is 0 Å². The Morgan fingerprint density at radius 3 is 2.34 bits per heavy atom. The van der Waals surface area contributed by atoms with Gasteiger partial charge >= 0.3 is 21.7 Å². The minimum atomic E-state index is -5.47. The summed E-state index contributed by atoms with van der Waals surface area (Å²) in [7, 11) is -5.47. The minimum absolute atomic E-state index is 0.0211. The number of nitrogens with zero attached hydrogens (tertiary/aromatic N) is 2. The van der Waals surface area contributed by atoms with Crippen LogP contribution in [0.5, 0.6) is 0 Å². The number of rotatable bonds is 5. The van der Waals surface area contributed by atoms with E-state index in [4.69, 9.17) is 5.11 Å².